The summed E-state index contributed by atoms with van der Waals surface area (Å²) in [7, 11) is 0. The summed E-state index contributed by atoms with van der Waals surface area (Å²) in [4.78, 5) is 28.6. The molecule has 1 N–H and O–H groups in total. The topological polar surface area (TPSA) is 78.1 Å². The molecule has 0 aromatic carbocycles. The Morgan fingerprint density at radius 1 is 1.22 bits per heavy atom. The predicted octanol–water partition coefficient (Wildman–Crippen LogP) is 1.28. The first-order chi connectivity index (χ1) is 13.1. The third-order valence-corrected chi connectivity index (χ3v) is 5.97. The number of likely N-dealkylation sites (tertiary alicyclic amines) is 2. The van der Waals surface area contributed by atoms with Gasteiger partial charge in [-0.25, -0.2) is 0 Å². The Labute approximate surface area is 158 Å². The van der Waals surface area contributed by atoms with Crippen LogP contribution in [0.15, 0.2) is 40.3 Å². The Hall–Kier alpha value is -2.41. The van der Waals surface area contributed by atoms with Gasteiger partial charge in [0, 0.05) is 75.9 Å². The van der Waals surface area contributed by atoms with E-state index in [2.05, 4.69) is 16.1 Å². The minimum atomic E-state index is 0.0288. The number of oxime groups is 1. The van der Waals surface area contributed by atoms with Crippen LogP contribution in [-0.2, 0) is 11.3 Å². The molecule has 7 nitrogen and oxygen atoms in total. The van der Waals surface area contributed by atoms with E-state index in [-0.39, 0.29) is 11.5 Å². The standard InChI is InChI=1S/C20H26N4O3/c25-19(23-9-6-17(21-27)7-10-23)5-2-8-22-12-15-11-16(14-22)18-3-1-4-20(26)24(18)13-15/h1-5,15-16,27H,6-14H2. The predicted molar refractivity (Wildman–Crippen MR) is 102 cm³/mol. The highest BCUT2D eigenvalue weighted by Crippen LogP contribution is 2.34. The number of aromatic nitrogens is 1. The SMILES string of the molecule is O=C(C=CCN1CC2CC(C1)c1cccc(=O)n1C2)N1CCC(=NO)CC1. The molecule has 2 fully saturated rings. The number of amides is 1. The van der Waals surface area contributed by atoms with E-state index in [9.17, 15) is 9.59 Å². The third kappa shape index (κ3) is 3.83. The fourth-order valence-corrected chi connectivity index (χ4v) is 4.64. The second kappa shape index (κ2) is 7.68. The highest BCUT2D eigenvalue weighted by atomic mass is 16.4. The van der Waals surface area contributed by atoms with Crippen molar-refractivity contribution < 1.29 is 10.0 Å². The molecule has 1 amide bonds. The molecule has 1 aromatic rings. The van der Waals surface area contributed by atoms with Gasteiger partial charge in [-0.2, -0.15) is 0 Å². The monoisotopic (exact) mass is 370 g/mol. The summed E-state index contributed by atoms with van der Waals surface area (Å²) in [5.41, 5.74) is 2.03. The van der Waals surface area contributed by atoms with Gasteiger partial charge in [-0.05, 0) is 18.4 Å². The van der Waals surface area contributed by atoms with Crippen LogP contribution < -0.4 is 5.56 Å². The maximum absolute atomic E-state index is 12.3. The summed E-state index contributed by atoms with van der Waals surface area (Å²) < 4.78 is 1.94. The zero-order chi connectivity index (χ0) is 18.8. The second-order valence-electron chi connectivity index (χ2n) is 7.81. The van der Waals surface area contributed by atoms with Crippen LogP contribution >= 0.6 is 0 Å². The van der Waals surface area contributed by atoms with E-state index >= 15 is 0 Å². The average molecular weight is 370 g/mol. The molecule has 27 heavy (non-hydrogen) atoms. The number of carbonyl (C=O) groups excluding carboxylic acids is 1. The van der Waals surface area contributed by atoms with Gasteiger partial charge < -0.3 is 14.7 Å². The number of carbonyl (C=O) groups is 1. The first-order valence-electron chi connectivity index (χ1n) is 9.71. The summed E-state index contributed by atoms with van der Waals surface area (Å²) in [6.45, 7) is 4.68. The van der Waals surface area contributed by atoms with Gasteiger partial charge in [0.1, 0.15) is 0 Å². The molecule has 3 aliphatic rings. The van der Waals surface area contributed by atoms with Gasteiger partial charge in [-0.15, -0.1) is 0 Å². The molecule has 7 heteroatoms. The van der Waals surface area contributed by atoms with Crippen LogP contribution in [0.5, 0.6) is 0 Å². The van der Waals surface area contributed by atoms with Gasteiger partial charge in [-0.3, -0.25) is 14.5 Å². The summed E-state index contributed by atoms with van der Waals surface area (Å²) in [5, 5.41) is 12.0. The van der Waals surface area contributed by atoms with E-state index < -0.39 is 0 Å². The molecule has 0 radical (unpaired) electrons. The molecule has 0 spiro atoms. The minimum absolute atomic E-state index is 0.0288. The summed E-state index contributed by atoms with van der Waals surface area (Å²) in [6.07, 6.45) is 6.06. The van der Waals surface area contributed by atoms with Crippen molar-refractivity contribution in [2.45, 2.75) is 31.7 Å². The molecule has 3 aliphatic heterocycles. The van der Waals surface area contributed by atoms with Crippen molar-refractivity contribution >= 4 is 11.6 Å². The molecular weight excluding hydrogens is 344 g/mol. The van der Waals surface area contributed by atoms with E-state index in [1.54, 1.807) is 17.0 Å². The smallest absolute Gasteiger partial charge is 0.250 e. The van der Waals surface area contributed by atoms with Crippen molar-refractivity contribution in [1.82, 2.24) is 14.4 Å². The highest BCUT2D eigenvalue weighted by molar-refractivity contribution is 5.91. The summed E-state index contributed by atoms with van der Waals surface area (Å²) in [5.74, 6) is 0.925. The normalized spacial score (nSPS) is 25.5. The Bertz CT molecular complexity index is 819. The fraction of sp³-hybridized carbons (Fsp3) is 0.550. The fourth-order valence-electron chi connectivity index (χ4n) is 4.64. The van der Waals surface area contributed by atoms with Crippen molar-refractivity contribution in [1.29, 1.82) is 0 Å². The Balaban J connectivity index is 1.33. The van der Waals surface area contributed by atoms with Gasteiger partial charge in [-0.1, -0.05) is 17.3 Å². The van der Waals surface area contributed by atoms with Crippen LogP contribution in [0.1, 0.15) is 30.9 Å². The molecule has 4 rings (SSSR count). The zero-order valence-electron chi connectivity index (χ0n) is 15.5. The molecule has 2 saturated heterocycles. The summed E-state index contributed by atoms with van der Waals surface area (Å²) in [6, 6.07) is 5.58. The molecule has 144 valence electrons. The number of nitrogens with zero attached hydrogens (tertiary/aromatic N) is 4. The van der Waals surface area contributed by atoms with Crippen LogP contribution in [0.25, 0.3) is 0 Å². The quantitative estimate of drug-likeness (QED) is 0.494. The third-order valence-electron chi connectivity index (χ3n) is 5.97. The van der Waals surface area contributed by atoms with Crippen LogP contribution in [0.2, 0.25) is 0 Å². The lowest BCUT2D eigenvalue weighted by atomic mass is 9.83. The second-order valence-corrected chi connectivity index (χ2v) is 7.81. The van der Waals surface area contributed by atoms with Gasteiger partial charge >= 0.3 is 0 Å². The lowest BCUT2D eigenvalue weighted by molar-refractivity contribution is -0.126. The van der Waals surface area contributed by atoms with Crippen molar-refractivity contribution in [2.24, 2.45) is 11.1 Å². The molecule has 0 aliphatic carbocycles. The molecule has 1 aromatic heterocycles. The number of fused-ring (bicyclic) bond motifs is 4. The molecule has 2 unspecified atom stereocenters. The lowest BCUT2D eigenvalue weighted by Gasteiger charge is -2.42. The Morgan fingerprint density at radius 3 is 2.81 bits per heavy atom. The van der Waals surface area contributed by atoms with E-state index in [4.69, 9.17) is 5.21 Å². The molecule has 2 atom stereocenters. The average Bonchev–Trinajstić information content (AvgIpc) is 2.69. The summed E-state index contributed by atoms with van der Waals surface area (Å²) >= 11 is 0. The van der Waals surface area contributed by atoms with Gasteiger partial charge in [0.25, 0.3) is 5.56 Å². The maximum Gasteiger partial charge on any atom is 0.250 e. The number of rotatable bonds is 3. The number of piperidine rings is 2. The van der Waals surface area contributed by atoms with Crippen LogP contribution in [-0.4, -0.2) is 63.9 Å². The van der Waals surface area contributed by atoms with Crippen LogP contribution in [0.3, 0.4) is 0 Å². The molecule has 4 heterocycles. The van der Waals surface area contributed by atoms with E-state index in [1.165, 1.54) is 0 Å². The Kier molecular flexibility index (Phi) is 5.11. The largest absolute Gasteiger partial charge is 0.411 e. The van der Waals surface area contributed by atoms with Gasteiger partial charge in [0.2, 0.25) is 5.91 Å². The highest BCUT2D eigenvalue weighted by Gasteiger charge is 2.33. The lowest BCUT2D eigenvalue weighted by Crippen LogP contribution is -2.47. The molecule has 0 saturated carbocycles. The van der Waals surface area contributed by atoms with Crippen LogP contribution in [0, 0.1) is 5.92 Å². The zero-order valence-corrected chi connectivity index (χ0v) is 15.5. The van der Waals surface area contributed by atoms with E-state index in [1.807, 2.05) is 16.7 Å². The van der Waals surface area contributed by atoms with Crippen LogP contribution in [0.4, 0.5) is 0 Å². The van der Waals surface area contributed by atoms with Crippen molar-refractivity contribution in [3.8, 4) is 0 Å². The number of pyridine rings is 1. The van der Waals surface area contributed by atoms with Crippen molar-refractivity contribution in [2.75, 3.05) is 32.7 Å². The maximum atomic E-state index is 12.3. The Morgan fingerprint density at radius 2 is 2.04 bits per heavy atom. The first kappa shape index (κ1) is 18.0. The van der Waals surface area contributed by atoms with Gasteiger partial charge in [0.05, 0.1) is 5.71 Å². The molecular formula is C20H26N4O3. The molecule has 2 bridgehead atoms. The van der Waals surface area contributed by atoms with Crippen molar-refractivity contribution in [3.63, 3.8) is 0 Å². The van der Waals surface area contributed by atoms with Crippen molar-refractivity contribution in [3.05, 3.63) is 46.4 Å². The van der Waals surface area contributed by atoms with E-state index in [0.29, 0.717) is 37.8 Å². The minimum Gasteiger partial charge on any atom is -0.411 e. The van der Waals surface area contributed by atoms with E-state index in [0.717, 1.165) is 44.0 Å². The van der Waals surface area contributed by atoms with Gasteiger partial charge in [0.15, 0.2) is 0 Å². The first-order valence-corrected chi connectivity index (χ1v) is 9.71. The number of hydrogen-bond acceptors (Lipinski definition) is 5. The number of hydrogen-bond donors (Lipinski definition) is 1.